The Kier molecular flexibility index (Phi) is 2.92. The smallest absolute Gasteiger partial charge is 0.161 e. The highest BCUT2D eigenvalue weighted by Gasteiger charge is 2.08. The molecule has 1 atom stereocenters. The summed E-state index contributed by atoms with van der Waals surface area (Å²) in [6.45, 7) is 6.33. The largest absolute Gasteiger partial charge is 0.324 e. The molecule has 0 aromatic carbocycles. The van der Waals surface area contributed by atoms with Crippen molar-refractivity contribution in [2.24, 2.45) is 11.7 Å². The van der Waals surface area contributed by atoms with Crippen molar-refractivity contribution in [3.05, 3.63) is 29.7 Å². The van der Waals surface area contributed by atoms with E-state index >= 15 is 0 Å². The predicted molar refractivity (Wildman–Crippen MR) is 64.1 cm³/mol. The molecule has 86 valence electrons. The van der Waals surface area contributed by atoms with Crippen LogP contribution in [-0.2, 0) is 6.42 Å². The fraction of sp³-hybridized carbons (Fsp3) is 0.500. The van der Waals surface area contributed by atoms with Gasteiger partial charge in [-0.3, -0.25) is 4.40 Å². The third-order valence-corrected chi connectivity index (χ3v) is 2.62. The van der Waals surface area contributed by atoms with Gasteiger partial charge in [0.1, 0.15) is 5.82 Å². The maximum Gasteiger partial charge on any atom is 0.161 e. The molecule has 0 aliphatic heterocycles. The van der Waals surface area contributed by atoms with Gasteiger partial charge >= 0.3 is 0 Å². The molecule has 2 heterocycles. The third kappa shape index (κ3) is 2.07. The Morgan fingerprint density at radius 3 is 2.69 bits per heavy atom. The van der Waals surface area contributed by atoms with Crippen LogP contribution in [0.1, 0.15) is 38.2 Å². The van der Waals surface area contributed by atoms with Crippen molar-refractivity contribution in [2.75, 3.05) is 0 Å². The van der Waals surface area contributed by atoms with E-state index in [9.17, 15) is 0 Å². The Hall–Kier alpha value is -1.42. The lowest BCUT2D eigenvalue weighted by atomic mass is 10.1. The molecule has 0 saturated carbocycles. The average molecular weight is 218 g/mol. The van der Waals surface area contributed by atoms with Crippen LogP contribution in [0.3, 0.4) is 0 Å². The van der Waals surface area contributed by atoms with Crippen LogP contribution in [0.2, 0.25) is 0 Å². The van der Waals surface area contributed by atoms with E-state index in [4.69, 9.17) is 5.73 Å². The molecule has 0 amide bonds. The molecule has 0 spiro atoms. The first kappa shape index (κ1) is 11.1. The summed E-state index contributed by atoms with van der Waals surface area (Å²) in [6.07, 6.45) is 2.95. The number of pyridine rings is 1. The van der Waals surface area contributed by atoms with Gasteiger partial charge in [0.05, 0.1) is 0 Å². The zero-order chi connectivity index (χ0) is 11.7. The van der Waals surface area contributed by atoms with Gasteiger partial charge in [-0.05, 0) is 30.5 Å². The van der Waals surface area contributed by atoms with Crippen molar-refractivity contribution >= 4 is 5.65 Å². The standard InChI is InChI=1S/C12H18N4/c1-8(2)6-11-14-15-12-7-10(9(3)13)4-5-16(11)12/h4-5,7-9H,6,13H2,1-3H3. The minimum absolute atomic E-state index is 0.0373. The molecule has 0 bridgehead atoms. The summed E-state index contributed by atoms with van der Waals surface area (Å²) >= 11 is 0. The second-order valence-corrected chi connectivity index (χ2v) is 4.69. The molecule has 0 radical (unpaired) electrons. The molecule has 4 nitrogen and oxygen atoms in total. The Balaban J connectivity index is 2.42. The summed E-state index contributed by atoms with van der Waals surface area (Å²) in [5, 5.41) is 8.38. The second-order valence-electron chi connectivity index (χ2n) is 4.69. The molecule has 2 N–H and O–H groups in total. The summed E-state index contributed by atoms with van der Waals surface area (Å²) in [5.41, 5.74) is 7.81. The molecule has 1 unspecified atom stereocenters. The summed E-state index contributed by atoms with van der Waals surface area (Å²) in [5.74, 6) is 1.60. The van der Waals surface area contributed by atoms with E-state index in [1.165, 1.54) is 0 Å². The van der Waals surface area contributed by atoms with Crippen LogP contribution in [0, 0.1) is 5.92 Å². The van der Waals surface area contributed by atoms with Crippen molar-refractivity contribution in [2.45, 2.75) is 33.2 Å². The summed E-state index contributed by atoms with van der Waals surface area (Å²) < 4.78 is 2.03. The summed E-state index contributed by atoms with van der Waals surface area (Å²) in [4.78, 5) is 0. The fourth-order valence-electron chi connectivity index (χ4n) is 1.74. The van der Waals surface area contributed by atoms with Gasteiger partial charge in [-0.2, -0.15) is 0 Å². The molecule has 4 heteroatoms. The number of hydrogen-bond donors (Lipinski definition) is 1. The minimum Gasteiger partial charge on any atom is -0.324 e. The summed E-state index contributed by atoms with van der Waals surface area (Å²) in [7, 11) is 0. The van der Waals surface area contributed by atoms with Crippen LogP contribution >= 0.6 is 0 Å². The first-order chi connectivity index (χ1) is 7.58. The molecule has 0 aliphatic rings. The maximum atomic E-state index is 5.83. The molecular weight excluding hydrogens is 200 g/mol. The van der Waals surface area contributed by atoms with Gasteiger partial charge in [0, 0.05) is 18.7 Å². The normalized spacial score (nSPS) is 13.6. The lowest BCUT2D eigenvalue weighted by molar-refractivity contribution is 0.616. The zero-order valence-corrected chi connectivity index (χ0v) is 10.0. The summed E-state index contributed by atoms with van der Waals surface area (Å²) in [6, 6.07) is 4.07. The number of hydrogen-bond acceptors (Lipinski definition) is 3. The number of aromatic nitrogens is 3. The van der Waals surface area contributed by atoms with Crippen molar-refractivity contribution in [3.63, 3.8) is 0 Å². The first-order valence-electron chi connectivity index (χ1n) is 5.67. The highest BCUT2D eigenvalue weighted by Crippen LogP contribution is 2.14. The number of fused-ring (bicyclic) bond motifs is 1. The van der Waals surface area contributed by atoms with Crippen molar-refractivity contribution in [1.82, 2.24) is 14.6 Å². The van der Waals surface area contributed by atoms with E-state index in [1.54, 1.807) is 0 Å². The molecule has 0 fully saturated rings. The van der Waals surface area contributed by atoms with Crippen LogP contribution in [0.25, 0.3) is 5.65 Å². The minimum atomic E-state index is 0.0373. The molecule has 16 heavy (non-hydrogen) atoms. The van der Waals surface area contributed by atoms with Gasteiger partial charge in [0.15, 0.2) is 5.65 Å². The zero-order valence-electron chi connectivity index (χ0n) is 10.0. The molecule has 2 aromatic rings. The number of nitrogens with zero attached hydrogens (tertiary/aromatic N) is 3. The van der Waals surface area contributed by atoms with Gasteiger partial charge in [-0.25, -0.2) is 0 Å². The van der Waals surface area contributed by atoms with Crippen LogP contribution in [0.4, 0.5) is 0 Å². The van der Waals surface area contributed by atoms with E-state index in [2.05, 4.69) is 24.0 Å². The van der Waals surface area contributed by atoms with Crippen LogP contribution in [0.5, 0.6) is 0 Å². The lowest BCUT2D eigenvalue weighted by Crippen LogP contribution is -2.06. The first-order valence-corrected chi connectivity index (χ1v) is 5.67. The molecule has 2 aromatic heterocycles. The highest BCUT2D eigenvalue weighted by atomic mass is 15.2. The Morgan fingerprint density at radius 2 is 2.06 bits per heavy atom. The van der Waals surface area contributed by atoms with Crippen molar-refractivity contribution in [3.8, 4) is 0 Å². The van der Waals surface area contributed by atoms with Gasteiger partial charge in [0.2, 0.25) is 0 Å². The third-order valence-electron chi connectivity index (χ3n) is 2.62. The van der Waals surface area contributed by atoms with Gasteiger partial charge in [-0.15, -0.1) is 10.2 Å². The monoisotopic (exact) mass is 218 g/mol. The molecular formula is C12H18N4. The lowest BCUT2D eigenvalue weighted by Gasteiger charge is -2.06. The van der Waals surface area contributed by atoms with E-state index < -0.39 is 0 Å². The number of rotatable bonds is 3. The molecule has 0 saturated heterocycles. The highest BCUT2D eigenvalue weighted by molar-refractivity contribution is 5.42. The van der Waals surface area contributed by atoms with E-state index in [0.29, 0.717) is 5.92 Å². The Labute approximate surface area is 95.5 Å². The average Bonchev–Trinajstić information content (AvgIpc) is 2.60. The molecule has 0 aliphatic carbocycles. The Morgan fingerprint density at radius 1 is 1.31 bits per heavy atom. The molecule has 2 rings (SSSR count). The van der Waals surface area contributed by atoms with Crippen molar-refractivity contribution < 1.29 is 0 Å². The van der Waals surface area contributed by atoms with E-state index in [0.717, 1.165) is 23.5 Å². The van der Waals surface area contributed by atoms with Crippen LogP contribution < -0.4 is 5.73 Å². The second kappa shape index (κ2) is 4.22. The Bertz CT molecular complexity index is 485. The fourth-order valence-corrected chi connectivity index (χ4v) is 1.74. The van der Waals surface area contributed by atoms with Gasteiger partial charge < -0.3 is 5.73 Å². The van der Waals surface area contributed by atoms with Crippen LogP contribution in [0.15, 0.2) is 18.3 Å². The van der Waals surface area contributed by atoms with E-state index in [1.807, 2.05) is 29.7 Å². The topological polar surface area (TPSA) is 56.2 Å². The van der Waals surface area contributed by atoms with Crippen molar-refractivity contribution in [1.29, 1.82) is 0 Å². The quantitative estimate of drug-likeness (QED) is 0.856. The maximum absolute atomic E-state index is 5.83. The SMILES string of the molecule is CC(C)Cc1nnc2cc(C(C)N)ccn12. The van der Waals surface area contributed by atoms with Gasteiger partial charge in [-0.1, -0.05) is 13.8 Å². The van der Waals surface area contributed by atoms with Gasteiger partial charge in [0.25, 0.3) is 0 Å². The number of nitrogens with two attached hydrogens (primary N) is 1. The van der Waals surface area contributed by atoms with E-state index in [-0.39, 0.29) is 6.04 Å². The van der Waals surface area contributed by atoms with Crippen LogP contribution in [-0.4, -0.2) is 14.6 Å². The predicted octanol–water partition coefficient (Wildman–Crippen LogP) is 1.95.